The number of aromatic nitrogens is 5. The van der Waals surface area contributed by atoms with Crippen LogP contribution in [0.5, 0.6) is 0 Å². The van der Waals surface area contributed by atoms with Gasteiger partial charge in [-0.05, 0) is 25.7 Å². The number of hydrogen-bond acceptors (Lipinski definition) is 7. The Balaban J connectivity index is 1.42. The molecule has 0 radical (unpaired) electrons. The highest BCUT2D eigenvalue weighted by Crippen LogP contribution is 2.27. The van der Waals surface area contributed by atoms with Crippen LogP contribution in [0.3, 0.4) is 0 Å². The molecule has 0 bridgehead atoms. The minimum absolute atomic E-state index is 0.0828. The Morgan fingerprint density at radius 3 is 2.83 bits per heavy atom. The van der Waals surface area contributed by atoms with Crippen LogP contribution in [0.2, 0.25) is 0 Å². The van der Waals surface area contributed by atoms with Gasteiger partial charge in [-0.15, -0.1) is 5.10 Å². The molecule has 12 heteroatoms. The molecule has 4 rings (SSSR count). The fourth-order valence-electron chi connectivity index (χ4n) is 4.22. The summed E-state index contributed by atoms with van der Waals surface area (Å²) in [5, 5.41) is 8.31. The van der Waals surface area contributed by atoms with E-state index in [1.807, 2.05) is 0 Å². The molecule has 0 saturated carbocycles. The van der Waals surface area contributed by atoms with Gasteiger partial charge >= 0.3 is 5.69 Å². The molecular weight excluding hydrogens is 412 g/mol. The molecule has 1 N–H and O–H groups in total. The van der Waals surface area contributed by atoms with Crippen molar-refractivity contribution in [2.75, 3.05) is 18.1 Å². The van der Waals surface area contributed by atoms with Gasteiger partial charge in [0.15, 0.2) is 9.84 Å². The minimum Gasteiger partial charge on any atom is -0.336 e. The highest BCUT2D eigenvalue weighted by molar-refractivity contribution is 7.91. The van der Waals surface area contributed by atoms with Crippen molar-refractivity contribution < 1.29 is 13.2 Å². The smallest absolute Gasteiger partial charge is 0.328 e. The fourth-order valence-corrected chi connectivity index (χ4v) is 5.94. The second kappa shape index (κ2) is 8.17. The number of likely N-dealkylation sites (tertiary alicyclic amines) is 1. The number of carbonyl (C=O) groups excluding carboxylic acids is 1. The number of nitrogens with one attached hydrogen (secondary N) is 1. The summed E-state index contributed by atoms with van der Waals surface area (Å²) in [6.45, 7) is 0.900. The third-order valence-corrected chi connectivity index (χ3v) is 7.56. The Bertz CT molecular complexity index is 1150. The van der Waals surface area contributed by atoms with Gasteiger partial charge in [-0.1, -0.05) is 5.21 Å². The van der Waals surface area contributed by atoms with Crippen LogP contribution in [0.25, 0.3) is 0 Å². The van der Waals surface area contributed by atoms with Gasteiger partial charge in [-0.3, -0.25) is 23.8 Å². The van der Waals surface area contributed by atoms with Crippen molar-refractivity contribution in [3.05, 3.63) is 45.0 Å². The maximum absolute atomic E-state index is 12.7. The Kier molecular flexibility index (Phi) is 5.58. The zero-order chi connectivity index (χ0) is 21.3. The van der Waals surface area contributed by atoms with Crippen LogP contribution in [-0.4, -0.2) is 67.9 Å². The summed E-state index contributed by atoms with van der Waals surface area (Å²) in [5.41, 5.74) is -0.445. The average molecular weight is 436 g/mol. The van der Waals surface area contributed by atoms with Gasteiger partial charge in [0, 0.05) is 30.9 Å². The van der Waals surface area contributed by atoms with Crippen LogP contribution in [0.1, 0.15) is 37.3 Å². The first kappa shape index (κ1) is 20.5. The largest absolute Gasteiger partial charge is 0.336 e. The quantitative estimate of drug-likeness (QED) is 0.641. The molecule has 2 atom stereocenters. The molecule has 4 heterocycles. The zero-order valence-corrected chi connectivity index (χ0v) is 17.3. The van der Waals surface area contributed by atoms with E-state index in [4.69, 9.17) is 0 Å². The number of carbonyl (C=O) groups is 1. The summed E-state index contributed by atoms with van der Waals surface area (Å²) in [6, 6.07) is 1.12. The molecule has 30 heavy (non-hydrogen) atoms. The van der Waals surface area contributed by atoms with Crippen molar-refractivity contribution in [2.45, 2.75) is 50.7 Å². The van der Waals surface area contributed by atoms with E-state index in [2.05, 4.69) is 15.3 Å². The number of nitrogens with zero attached hydrogens (tertiary/aromatic N) is 5. The van der Waals surface area contributed by atoms with E-state index in [0.29, 0.717) is 25.2 Å². The second-order valence-corrected chi connectivity index (χ2v) is 10.2. The molecule has 2 aliphatic rings. The van der Waals surface area contributed by atoms with Crippen LogP contribution in [0.4, 0.5) is 0 Å². The average Bonchev–Trinajstić information content (AvgIpc) is 3.33. The maximum Gasteiger partial charge on any atom is 0.328 e. The molecule has 0 spiro atoms. The van der Waals surface area contributed by atoms with E-state index in [-0.39, 0.29) is 35.9 Å². The Morgan fingerprint density at radius 2 is 2.07 bits per heavy atom. The Labute approximate surface area is 172 Å². The first-order valence-electron chi connectivity index (χ1n) is 10.0. The SMILES string of the molecule is O=C(Cn1ccc(=O)[nH]c1=O)N1CCC[C@@H]1Cn1cc(C2CCCS(=O)(=O)C2)nn1. The molecule has 2 aromatic heterocycles. The molecule has 11 nitrogen and oxygen atoms in total. The molecule has 2 saturated heterocycles. The lowest BCUT2D eigenvalue weighted by Gasteiger charge is -2.24. The highest BCUT2D eigenvalue weighted by atomic mass is 32.2. The zero-order valence-electron chi connectivity index (χ0n) is 16.4. The van der Waals surface area contributed by atoms with Gasteiger partial charge in [0.25, 0.3) is 5.56 Å². The van der Waals surface area contributed by atoms with E-state index < -0.39 is 21.1 Å². The van der Waals surface area contributed by atoms with Gasteiger partial charge in [-0.2, -0.15) is 0 Å². The van der Waals surface area contributed by atoms with E-state index >= 15 is 0 Å². The van der Waals surface area contributed by atoms with E-state index in [0.717, 1.165) is 19.3 Å². The minimum atomic E-state index is -3.03. The van der Waals surface area contributed by atoms with E-state index in [9.17, 15) is 22.8 Å². The van der Waals surface area contributed by atoms with Crippen molar-refractivity contribution in [2.24, 2.45) is 0 Å². The normalized spacial score (nSPS) is 23.5. The van der Waals surface area contributed by atoms with Crippen LogP contribution >= 0.6 is 0 Å². The van der Waals surface area contributed by atoms with E-state index in [1.165, 1.54) is 16.8 Å². The lowest BCUT2D eigenvalue weighted by molar-refractivity contribution is -0.133. The Morgan fingerprint density at radius 1 is 1.23 bits per heavy atom. The summed E-state index contributed by atoms with van der Waals surface area (Å²) in [5.74, 6) is -0.000636. The number of hydrogen-bond donors (Lipinski definition) is 1. The van der Waals surface area contributed by atoms with Crippen molar-refractivity contribution in [3.63, 3.8) is 0 Å². The topological polar surface area (TPSA) is 140 Å². The van der Waals surface area contributed by atoms with Crippen LogP contribution in [0, 0.1) is 0 Å². The highest BCUT2D eigenvalue weighted by Gasteiger charge is 2.31. The van der Waals surface area contributed by atoms with Crippen LogP contribution in [0.15, 0.2) is 28.0 Å². The number of rotatable bonds is 5. The van der Waals surface area contributed by atoms with Gasteiger partial charge in [-0.25, -0.2) is 13.2 Å². The molecule has 0 aliphatic carbocycles. The van der Waals surface area contributed by atoms with Gasteiger partial charge in [0.2, 0.25) is 5.91 Å². The van der Waals surface area contributed by atoms with Gasteiger partial charge in [0.1, 0.15) is 6.54 Å². The fraction of sp³-hybridized carbons (Fsp3) is 0.611. The number of amides is 1. The summed E-state index contributed by atoms with van der Waals surface area (Å²) >= 11 is 0. The van der Waals surface area contributed by atoms with E-state index in [1.54, 1.807) is 15.8 Å². The third kappa shape index (κ3) is 4.53. The monoisotopic (exact) mass is 436 g/mol. The molecule has 2 aliphatic heterocycles. The van der Waals surface area contributed by atoms with Crippen molar-refractivity contribution in [3.8, 4) is 0 Å². The first-order chi connectivity index (χ1) is 14.3. The molecule has 1 unspecified atom stereocenters. The van der Waals surface area contributed by atoms with Gasteiger partial charge < -0.3 is 4.90 Å². The Hall–Kier alpha value is -2.76. The van der Waals surface area contributed by atoms with Gasteiger partial charge in [0.05, 0.1) is 29.8 Å². The van der Waals surface area contributed by atoms with Crippen LogP contribution < -0.4 is 11.2 Å². The second-order valence-electron chi connectivity index (χ2n) is 7.94. The summed E-state index contributed by atoms with van der Waals surface area (Å²) < 4.78 is 26.6. The summed E-state index contributed by atoms with van der Waals surface area (Å²) in [7, 11) is -3.03. The summed E-state index contributed by atoms with van der Waals surface area (Å²) in [4.78, 5) is 39.6. The number of aromatic amines is 1. The molecule has 2 aromatic rings. The molecule has 1 amide bonds. The molecule has 0 aromatic carbocycles. The van der Waals surface area contributed by atoms with Crippen molar-refractivity contribution in [1.29, 1.82) is 0 Å². The molecular formula is C18H24N6O5S. The standard InChI is InChI=1S/C18H24N6O5S/c25-16-5-7-22(18(27)19-16)11-17(26)24-6-1-4-14(24)9-23-10-15(20-21-23)13-3-2-8-30(28,29)12-13/h5,7,10,13-14H,1-4,6,8-9,11-12H2,(H,19,25,27)/t13?,14-/m1/s1. The molecule has 162 valence electrons. The lowest BCUT2D eigenvalue weighted by atomic mass is 10.0. The predicted molar refractivity (Wildman–Crippen MR) is 107 cm³/mol. The number of sulfone groups is 1. The maximum atomic E-state index is 12.7. The van der Waals surface area contributed by atoms with Crippen molar-refractivity contribution in [1.82, 2.24) is 29.4 Å². The molecule has 2 fully saturated rings. The number of H-pyrrole nitrogens is 1. The summed E-state index contributed by atoms with van der Waals surface area (Å²) in [6.07, 6.45) is 6.15. The third-order valence-electron chi connectivity index (χ3n) is 5.74. The van der Waals surface area contributed by atoms with Crippen molar-refractivity contribution >= 4 is 15.7 Å². The predicted octanol–water partition coefficient (Wildman–Crippen LogP) is -0.888. The lowest BCUT2D eigenvalue weighted by Crippen LogP contribution is -2.42. The van der Waals surface area contributed by atoms with Crippen LogP contribution in [-0.2, 0) is 27.7 Å². The first-order valence-corrected chi connectivity index (χ1v) is 11.8.